The van der Waals surface area contributed by atoms with Crippen LogP contribution in [-0.4, -0.2) is 35.7 Å². The third-order valence-corrected chi connectivity index (χ3v) is 5.77. The number of halogens is 1. The van der Waals surface area contributed by atoms with Crippen molar-refractivity contribution in [2.24, 2.45) is 0 Å². The van der Waals surface area contributed by atoms with E-state index in [9.17, 15) is 9.90 Å². The lowest BCUT2D eigenvalue weighted by molar-refractivity contribution is 0.0946. The standard InChI is InChI=1S/C24H20ClN7O2/c1-13-15(3-5-20(26)30-13)10-29-24(34)22-21-19(6-7-27-23(21)33)32(31-22)12-14-2-4-18-16(8-14)9-17(25)11-28-18/h2-9,11H,10,12H2,1H3,(H2,26,30)(H,27,33)(H,29,34). The molecule has 1 amide bonds. The fourth-order valence-electron chi connectivity index (χ4n) is 3.87. The molecule has 5 aromatic rings. The molecule has 0 bridgehead atoms. The molecule has 4 heterocycles. The Hall–Kier alpha value is -4.24. The highest BCUT2D eigenvalue weighted by atomic mass is 35.5. The first-order valence-corrected chi connectivity index (χ1v) is 10.9. The molecule has 4 N–H and O–H groups in total. The molecule has 0 atom stereocenters. The first-order valence-electron chi connectivity index (χ1n) is 10.5. The SMILES string of the molecule is Cc1nc(N)ccc1CNC(=O)c1nn(Cc2ccc3ncc(Cl)cc3c2)c2ccnc(O)c12. The summed E-state index contributed by atoms with van der Waals surface area (Å²) in [6.45, 7) is 2.44. The average Bonchev–Trinajstić information content (AvgIpc) is 3.18. The van der Waals surface area contributed by atoms with Crippen LogP contribution in [0.4, 0.5) is 5.82 Å². The molecule has 1 aromatic carbocycles. The largest absolute Gasteiger partial charge is 0.493 e. The number of aromatic hydroxyl groups is 1. The Bertz CT molecular complexity index is 1560. The number of hydrogen-bond donors (Lipinski definition) is 3. The quantitative estimate of drug-likeness (QED) is 0.355. The van der Waals surface area contributed by atoms with Crippen molar-refractivity contribution >= 4 is 45.1 Å². The topological polar surface area (TPSA) is 132 Å². The summed E-state index contributed by atoms with van der Waals surface area (Å²) in [6, 6.07) is 12.9. The van der Waals surface area contributed by atoms with E-state index in [1.54, 1.807) is 23.0 Å². The Labute approximate surface area is 199 Å². The minimum absolute atomic E-state index is 0.0900. The second-order valence-electron chi connectivity index (χ2n) is 7.88. The van der Waals surface area contributed by atoms with Crippen LogP contribution in [0.1, 0.15) is 27.3 Å². The molecule has 0 fully saturated rings. The summed E-state index contributed by atoms with van der Waals surface area (Å²) in [5, 5.41) is 19.5. The Morgan fingerprint density at radius 1 is 1.18 bits per heavy atom. The molecular weight excluding hydrogens is 454 g/mol. The van der Waals surface area contributed by atoms with Crippen LogP contribution in [0, 0.1) is 6.92 Å². The van der Waals surface area contributed by atoms with E-state index in [4.69, 9.17) is 17.3 Å². The number of nitrogen functional groups attached to an aromatic ring is 1. The lowest BCUT2D eigenvalue weighted by Crippen LogP contribution is -2.24. The number of rotatable bonds is 5. The van der Waals surface area contributed by atoms with Crippen LogP contribution < -0.4 is 11.1 Å². The fourth-order valence-corrected chi connectivity index (χ4v) is 4.03. The minimum atomic E-state index is -0.433. The maximum atomic E-state index is 13.0. The summed E-state index contributed by atoms with van der Waals surface area (Å²) < 4.78 is 1.67. The van der Waals surface area contributed by atoms with E-state index in [1.807, 2.05) is 37.3 Å². The average molecular weight is 474 g/mol. The van der Waals surface area contributed by atoms with Crippen molar-refractivity contribution < 1.29 is 9.90 Å². The number of nitrogens with one attached hydrogen (secondary N) is 1. The van der Waals surface area contributed by atoms with Crippen molar-refractivity contribution in [3.8, 4) is 5.88 Å². The van der Waals surface area contributed by atoms with Gasteiger partial charge in [-0.2, -0.15) is 5.10 Å². The van der Waals surface area contributed by atoms with Crippen LogP contribution in [0.3, 0.4) is 0 Å². The minimum Gasteiger partial charge on any atom is -0.493 e. The molecule has 0 radical (unpaired) electrons. The van der Waals surface area contributed by atoms with Gasteiger partial charge in [0.25, 0.3) is 5.91 Å². The number of hydrogen-bond acceptors (Lipinski definition) is 7. The fraction of sp³-hybridized carbons (Fsp3) is 0.125. The van der Waals surface area contributed by atoms with Crippen molar-refractivity contribution in [2.45, 2.75) is 20.0 Å². The van der Waals surface area contributed by atoms with Gasteiger partial charge in [-0.15, -0.1) is 0 Å². The van der Waals surface area contributed by atoms with Gasteiger partial charge in [0.1, 0.15) is 5.82 Å². The van der Waals surface area contributed by atoms with Crippen LogP contribution in [0.5, 0.6) is 5.88 Å². The number of anilines is 1. The van der Waals surface area contributed by atoms with Crippen molar-refractivity contribution in [3.05, 3.63) is 82.4 Å². The number of carbonyl (C=O) groups excluding carboxylic acids is 1. The van der Waals surface area contributed by atoms with E-state index < -0.39 is 5.91 Å². The summed E-state index contributed by atoms with van der Waals surface area (Å²) in [4.78, 5) is 25.5. The van der Waals surface area contributed by atoms with Crippen molar-refractivity contribution in [1.82, 2.24) is 30.0 Å². The Balaban J connectivity index is 1.47. The van der Waals surface area contributed by atoms with Gasteiger partial charge in [-0.25, -0.2) is 9.97 Å². The predicted octanol–water partition coefficient (Wildman–Crippen LogP) is 3.60. The lowest BCUT2D eigenvalue weighted by Gasteiger charge is -2.07. The van der Waals surface area contributed by atoms with Gasteiger partial charge < -0.3 is 16.2 Å². The van der Waals surface area contributed by atoms with E-state index in [2.05, 4.69) is 25.4 Å². The summed E-state index contributed by atoms with van der Waals surface area (Å²) in [7, 11) is 0. The number of carbonyl (C=O) groups is 1. The number of nitrogens with zero attached hydrogens (tertiary/aromatic N) is 5. The van der Waals surface area contributed by atoms with Crippen molar-refractivity contribution in [3.63, 3.8) is 0 Å². The molecule has 0 saturated heterocycles. The van der Waals surface area contributed by atoms with E-state index in [0.29, 0.717) is 22.9 Å². The van der Waals surface area contributed by atoms with Crippen LogP contribution in [0.15, 0.2) is 54.9 Å². The molecule has 9 nitrogen and oxygen atoms in total. The molecule has 0 aliphatic heterocycles. The highest BCUT2D eigenvalue weighted by Crippen LogP contribution is 2.27. The number of amides is 1. The first-order chi connectivity index (χ1) is 16.4. The highest BCUT2D eigenvalue weighted by molar-refractivity contribution is 6.31. The highest BCUT2D eigenvalue weighted by Gasteiger charge is 2.21. The molecule has 4 aromatic heterocycles. The second-order valence-corrected chi connectivity index (χ2v) is 8.32. The van der Waals surface area contributed by atoms with Gasteiger partial charge >= 0.3 is 0 Å². The molecule has 0 spiro atoms. The van der Waals surface area contributed by atoms with E-state index in [1.165, 1.54) is 6.20 Å². The number of benzene rings is 1. The third kappa shape index (κ3) is 4.08. The number of aryl methyl sites for hydroxylation is 1. The number of aromatic nitrogens is 5. The Morgan fingerprint density at radius 2 is 2.03 bits per heavy atom. The first kappa shape index (κ1) is 21.6. The number of fused-ring (bicyclic) bond motifs is 2. The zero-order valence-electron chi connectivity index (χ0n) is 18.2. The molecule has 10 heteroatoms. The Kier molecular flexibility index (Phi) is 5.46. The zero-order valence-corrected chi connectivity index (χ0v) is 18.9. The van der Waals surface area contributed by atoms with Crippen LogP contribution in [-0.2, 0) is 13.1 Å². The number of pyridine rings is 3. The molecular formula is C24H20ClN7O2. The van der Waals surface area contributed by atoms with Gasteiger partial charge in [-0.05, 0) is 48.4 Å². The van der Waals surface area contributed by atoms with Gasteiger partial charge in [0.15, 0.2) is 5.69 Å². The Morgan fingerprint density at radius 3 is 2.85 bits per heavy atom. The predicted molar refractivity (Wildman–Crippen MR) is 130 cm³/mol. The van der Waals surface area contributed by atoms with Gasteiger partial charge in [-0.3, -0.25) is 14.5 Å². The summed E-state index contributed by atoms with van der Waals surface area (Å²) in [5.41, 5.74) is 9.70. The van der Waals surface area contributed by atoms with E-state index >= 15 is 0 Å². The van der Waals surface area contributed by atoms with E-state index in [0.717, 1.165) is 27.7 Å². The molecule has 0 aliphatic carbocycles. The monoisotopic (exact) mass is 473 g/mol. The van der Waals surface area contributed by atoms with Gasteiger partial charge in [0, 0.05) is 30.0 Å². The number of nitrogens with two attached hydrogens (primary N) is 1. The second kappa shape index (κ2) is 8.60. The normalized spacial score (nSPS) is 11.2. The summed E-state index contributed by atoms with van der Waals surface area (Å²) in [5.74, 6) is -0.272. The van der Waals surface area contributed by atoms with Crippen LogP contribution in [0.25, 0.3) is 21.8 Å². The van der Waals surface area contributed by atoms with Gasteiger partial charge in [0.2, 0.25) is 5.88 Å². The van der Waals surface area contributed by atoms with Crippen molar-refractivity contribution in [2.75, 3.05) is 5.73 Å². The lowest BCUT2D eigenvalue weighted by atomic mass is 10.1. The molecule has 5 rings (SSSR count). The molecule has 0 aliphatic rings. The van der Waals surface area contributed by atoms with Gasteiger partial charge in [0.05, 0.1) is 28.0 Å². The van der Waals surface area contributed by atoms with Crippen molar-refractivity contribution in [1.29, 1.82) is 0 Å². The maximum Gasteiger partial charge on any atom is 0.272 e. The zero-order chi connectivity index (χ0) is 23.8. The molecule has 170 valence electrons. The molecule has 34 heavy (non-hydrogen) atoms. The smallest absolute Gasteiger partial charge is 0.272 e. The molecule has 0 unspecified atom stereocenters. The molecule has 0 saturated carbocycles. The van der Waals surface area contributed by atoms with E-state index in [-0.39, 0.29) is 23.5 Å². The summed E-state index contributed by atoms with van der Waals surface area (Å²) >= 11 is 6.09. The van der Waals surface area contributed by atoms with Gasteiger partial charge in [-0.1, -0.05) is 23.7 Å². The van der Waals surface area contributed by atoms with Crippen LogP contribution >= 0.6 is 11.6 Å². The van der Waals surface area contributed by atoms with Crippen LogP contribution in [0.2, 0.25) is 5.02 Å². The summed E-state index contributed by atoms with van der Waals surface area (Å²) in [6.07, 6.45) is 3.08. The maximum absolute atomic E-state index is 13.0. The third-order valence-electron chi connectivity index (χ3n) is 5.56.